The lowest BCUT2D eigenvalue weighted by Crippen LogP contribution is -2.17. The van der Waals surface area contributed by atoms with Gasteiger partial charge in [0.1, 0.15) is 10.8 Å². The number of nitrogens with one attached hydrogen (secondary N) is 2. The van der Waals surface area contributed by atoms with Gasteiger partial charge in [-0.2, -0.15) is 0 Å². The van der Waals surface area contributed by atoms with Crippen LogP contribution in [0.5, 0.6) is 0 Å². The van der Waals surface area contributed by atoms with Crippen LogP contribution in [-0.4, -0.2) is 19.3 Å². The van der Waals surface area contributed by atoms with E-state index in [9.17, 15) is 13.2 Å². The van der Waals surface area contributed by atoms with Crippen LogP contribution in [-0.2, 0) is 10.0 Å². The van der Waals surface area contributed by atoms with E-state index in [1.54, 1.807) is 37.3 Å². The van der Waals surface area contributed by atoms with Crippen LogP contribution in [0.2, 0.25) is 10.2 Å². The first-order chi connectivity index (χ1) is 13.7. The predicted octanol–water partition coefficient (Wildman–Crippen LogP) is 5.06. The van der Waals surface area contributed by atoms with Crippen molar-refractivity contribution >= 4 is 50.5 Å². The van der Waals surface area contributed by atoms with E-state index in [0.29, 0.717) is 11.3 Å². The summed E-state index contributed by atoms with van der Waals surface area (Å²) in [7, 11) is -3.86. The minimum absolute atomic E-state index is 0.0435. The van der Waals surface area contributed by atoms with E-state index < -0.39 is 15.9 Å². The fourth-order valence-electron chi connectivity index (χ4n) is 2.65. The molecule has 1 aromatic heterocycles. The maximum atomic E-state index is 12.9. The van der Waals surface area contributed by atoms with Crippen LogP contribution in [0.1, 0.15) is 21.6 Å². The molecule has 0 aliphatic rings. The Morgan fingerprint density at radius 2 is 1.72 bits per heavy atom. The number of rotatable bonds is 5. The third-order valence-corrected chi connectivity index (χ3v) is 6.07. The van der Waals surface area contributed by atoms with Crippen LogP contribution in [0.15, 0.2) is 59.5 Å². The summed E-state index contributed by atoms with van der Waals surface area (Å²) in [5.74, 6) is -0.601. The first-order valence-corrected chi connectivity index (χ1v) is 10.7. The van der Waals surface area contributed by atoms with Gasteiger partial charge in [0.15, 0.2) is 0 Å². The molecule has 0 aliphatic carbocycles. The van der Waals surface area contributed by atoms with Crippen LogP contribution < -0.4 is 10.0 Å². The van der Waals surface area contributed by atoms with E-state index >= 15 is 0 Å². The average molecular weight is 450 g/mol. The summed E-state index contributed by atoms with van der Waals surface area (Å²) in [6, 6.07) is 14.5. The number of anilines is 2. The molecular formula is C20H17Cl2N3O3S. The average Bonchev–Trinajstić information content (AvgIpc) is 2.64. The smallest absolute Gasteiger partial charge is 0.275 e. The zero-order valence-corrected chi connectivity index (χ0v) is 17.9. The highest BCUT2D eigenvalue weighted by atomic mass is 35.5. The largest absolute Gasteiger partial charge is 0.321 e. The van der Waals surface area contributed by atoms with E-state index in [2.05, 4.69) is 15.0 Å². The fraction of sp³-hybridized carbons (Fsp3) is 0.100. The molecule has 0 saturated carbocycles. The highest BCUT2D eigenvalue weighted by molar-refractivity contribution is 7.92. The Labute approximate surface area is 178 Å². The molecule has 2 N–H and O–H groups in total. The number of amides is 1. The van der Waals surface area contributed by atoms with Crippen LogP contribution in [0, 0.1) is 13.8 Å². The number of aromatic nitrogens is 1. The Hall–Kier alpha value is -2.61. The molecular weight excluding hydrogens is 433 g/mol. The summed E-state index contributed by atoms with van der Waals surface area (Å²) in [5.41, 5.74) is 2.13. The molecule has 150 valence electrons. The van der Waals surface area contributed by atoms with Gasteiger partial charge in [0.2, 0.25) is 0 Å². The minimum Gasteiger partial charge on any atom is -0.321 e. The zero-order chi connectivity index (χ0) is 21.2. The van der Waals surface area contributed by atoms with Crippen molar-refractivity contribution in [2.75, 3.05) is 10.0 Å². The zero-order valence-electron chi connectivity index (χ0n) is 15.5. The van der Waals surface area contributed by atoms with Crippen molar-refractivity contribution in [1.82, 2.24) is 4.98 Å². The predicted molar refractivity (Wildman–Crippen MR) is 115 cm³/mol. The molecule has 2 aromatic carbocycles. The van der Waals surface area contributed by atoms with Gasteiger partial charge in [0.25, 0.3) is 15.9 Å². The van der Waals surface area contributed by atoms with Crippen molar-refractivity contribution < 1.29 is 13.2 Å². The lowest BCUT2D eigenvalue weighted by molar-refractivity contribution is 0.102. The molecule has 9 heteroatoms. The maximum Gasteiger partial charge on any atom is 0.275 e. The molecule has 0 aliphatic heterocycles. The first kappa shape index (κ1) is 21.1. The molecule has 1 heterocycles. The van der Waals surface area contributed by atoms with Gasteiger partial charge in [-0.25, -0.2) is 13.4 Å². The number of halogens is 2. The van der Waals surface area contributed by atoms with Crippen molar-refractivity contribution in [2.45, 2.75) is 18.7 Å². The van der Waals surface area contributed by atoms with Gasteiger partial charge in [-0.1, -0.05) is 41.4 Å². The maximum absolute atomic E-state index is 12.9. The summed E-state index contributed by atoms with van der Waals surface area (Å²) in [6.45, 7) is 3.54. The number of aryl methyl sites for hydroxylation is 2. The second kappa shape index (κ2) is 8.41. The summed E-state index contributed by atoms with van der Waals surface area (Å²) in [5, 5.41) is 2.85. The van der Waals surface area contributed by atoms with Gasteiger partial charge in [-0.3, -0.25) is 9.52 Å². The molecule has 0 fully saturated rings. The topological polar surface area (TPSA) is 88.2 Å². The van der Waals surface area contributed by atoms with E-state index in [1.165, 1.54) is 18.2 Å². The van der Waals surface area contributed by atoms with Gasteiger partial charge in [0.05, 0.1) is 9.92 Å². The number of sulfonamides is 1. The third-order valence-electron chi connectivity index (χ3n) is 4.03. The number of pyridine rings is 1. The molecule has 29 heavy (non-hydrogen) atoms. The summed E-state index contributed by atoms with van der Waals surface area (Å²) < 4.78 is 28.3. The Bertz CT molecular complexity index is 1200. The molecule has 3 rings (SSSR count). The fourth-order valence-corrected chi connectivity index (χ4v) is 4.31. The van der Waals surface area contributed by atoms with Crippen LogP contribution in [0.25, 0.3) is 0 Å². The Balaban J connectivity index is 1.89. The summed E-state index contributed by atoms with van der Waals surface area (Å²) in [4.78, 5) is 16.4. The number of carbonyl (C=O) groups excluding carboxylic acids is 1. The summed E-state index contributed by atoms with van der Waals surface area (Å²) >= 11 is 11.8. The van der Waals surface area contributed by atoms with E-state index in [1.807, 2.05) is 13.0 Å². The Morgan fingerprint density at radius 3 is 2.45 bits per heavy atom. The van der Waals surface area contributed by atoms with Crippen LogP contribution in [0.4, 0.5) is 11.4 Å². The van der Waals surface area contributed by atoms with Gasteiger partial charge >= 0.3 is 0 Å². The molecule has 0 spiro atoms. The Kier molecular flexibility index (Phi) is 6.12. The number of benzene rings is 2. The summed E-state index contributed by atoms with van der Waals surface area (Å²) in [6.07, 6.45) is 0. The molecule has 0 radical (unpaired) electrons. The molecule has 0 saturated heterocycles. The van der Waals surface area contributed by atoms with Gasteiger partial charge in [-0.15, -0.1) is 0 Å². The second-order valence-electron chi connectivity index (χ2n) is 6.37. The number of nitrogens with zero attached hydrogens (tertiary/aromatic N) is 1. The Morgan fingerprint density at radius 1 is 0.966 bits per heavy atom. The number of carbonyl (C=O) groups is 1. The van der Waals surface area contributed by atoms with Gasteiger partial charge in [-0.05, 0) is 61.4 Å². The lowest BCUT2D eigenvalue weighted by atomic mass is 10.2. The molecule has 0 unspecified atom stereocenters. The number of hydrogen-bond donors (Lipinski definition) is 2. The quantitative estimate of drug-likeness (QED) is 0.532. The van der Waals surface area contributed by atoms with Crippen molar-refractivity contribution in [2.24, 2.45) is 0 Å². The van der Waals surface area contributed by atoms with E-state index in [0.717, 1.165) is 5.56 Å². The van der Waals surface area contributed by atoms with Crippen molar-refractivity contribution in [3.05, 3.63) is 81.6 Å². The van der Waals surface area contributed by atoms with E-state index in [4.69, 9.17) is 23.2 Å². The third kappa shape index (κ3) is 5.06. The van der Waals surface area contributed by atoms with Gasteiger partial charge in [0, 0.05) is 11.4 Å². The van der Waals surface area contributed by atoms with Crippen molar-refractivity contribution in [3.63, 3.8) is 0 Å². The molecule has 3 aromatic rings. The van der Waals surface area contributed by atoms with Crippen LogP contribution in [0.3, 0.4) is 0 Å². The van der Waals surface area contributed by atoms with Gasteiger partial charge < -0.3 is 5.32 Å². The SMILES string of the molecule is Cc1cccc(NS(=O)(=O)c2cc(NC(=O)c3nc(Cl)ccc3Cl)ccc2C)c1. The van der Waals surface area contributed by atoms with Crippen LogP contribution >= 0.6 is 23.2 Å². The molecule has 0 atom stereocenters. The second-order valence-corrected chi connectivity index (χ2v) is 8.82. The monoisotopic (exact) mass is 449 g/mol. The minimum atomic E-state index is -3.86. The highest BCUT2D eigenvalue weighted by Gasteiger charge is 2.19. The molecule has 0 bridgehead atoms. The van der Waals surface area contributed by atoms with Crippen molar-refractivity contribution in [3.8, 4) is 0 Å². The van der Waals surface area contributed by atoms with E-state index in [-0.39, 0.29) is 26.5 Å². The lowest BCUT2D eigenvalue weighted by Gasteiger charge is -2.13. The first-order valence-electron chi connectivity index (χ1n) is 8.49. The molecule has 6 nitrogen and oxygen atoms in total. The standard InChI is InChI=1S/C20H17Cl2N3O3S/c1-12-4-3-5-15(10-12)25-29(27,28)17-11-14(7-6-13(17)2)23-20(26)19-16(21)8-9-18(22)24-19/h3-11,25H,1-2H3,(H,23,26). The van der Waals surface area contributed by atoms with Crippen molar-refractivity contribution in [1.29, 1.82) is 0 Å². The molecule has 1 amide bonds. The normalized spacial score (nSPS) is 11.2. The number of hydrogen-bond acceptors (Lipinski definition) is 4. The highest BCUT2D eigenvalue weighted by Crippen LogP contribution is 2.24.